The second kappa shape index (κ2) is 7.72. The van der Waals surface area contributed by atoms with Gasteiger partial charge in [-0.2, -0.15) is 10.2 Å². The number of carbonyl (C=O) groups excluding carboxylic acids is 1. The summed E-state index contributed by atoms with van der Waals surface area (Å²) in [5, 5.41) is 8.61. The number of halogens is 2. The van der Waals surface area contributed by atoms with E-state index >= 15 is 0 Å². The third kappa shape index (κ3) is 4.51. The quantitative estimate of drug-likeness (QED) is 0.562. The molecule has 1 aromatic heterocycles. The number of rotatable bonds is 5. The summed E-state index contributed by atoms with van der Waals surface area (Å²) < 4.78 is 15.1. The van der Waals surface area contributed by atoms with Crippen LogP contribution in [-0.2, 0) is 6.54 Å². The Morgan fingerprint density at radius 2 is 1.96 bits per heavy atom. The lowest BCUT2D eigenvalue weighted by atomic mass is 10.2. The smallest absolute Gasteiger partial charge is 0.268 e. The summed E-state index contributed by atoms with van der Waals surface area (Å²) in [6.07, 6.45) is 2.95. The molecule has 126 valence electrons. The van der Waals surface area contributed by atoms with Crippen molar-refractivity contribution in [1.82, 2.24) is 15.2 Å². The molecule has 1 amide bonds. The van der Waals surface area contributed by atoms with Gasteiger partial charge < -0.3 is 0 Å². The number of hydrogen-bond donors (Lipinski definition) is 1. The van der Waals surface area contributed by atoms with Crippen molar-refractivity contribution in [2.24, 2.45) is 5.10 Å². The van der Waals surface area contributed by atoms with Crippen molar-refractivity contribution in [2.45, 2.75) is 6.54 Å². The number of aromatic nitrogens is 2. The minimum atomic E-state index is -0.470. The Labute approximate surface area is 148 Å². The van der Waals surface area contributed by atoms with Gasteiger partial charge in [0, 0.05) is 16.8 Å². The van der Waals surface area contributed by atoms with Crippen molar-refractivity contribution >= 4 is 23.7 Å². The summed E-state index contributed by atoms with van der Waals surface area (Å²) in [5.74, 6) is -0.879. The van der Waals surface area contributed by atoms with Crippen LogP contribution in [0, 0.1) is 5.82 Å². The Balaban J connectivity index is 1.60. The summed E-state index contributed by atoms with van der Waals surface area (Å²) in [7, 11) is 0. The van der Waals surface area contributed by atoms with Crippen LogP contribution in [0.4, 0.5) is 4.39 Å². The Bertz CT molecular complexity index is 905. The first kappa shape index (κ1) is 16.9. The van der Waals surface area contributed by atoms with Crippen molar-refractivity contribution < 1.29 is 9.18 Å². The van der Waals surface area contributed by atoms with Crippen LogP contribution in [0.3, 0.4) is 0 Å². The van der Waals surface area contributed by atoms with Crippen LogP contribution < -0.4 is 5.43 Å². The molecule has 0 unspecified atom stereocenters. The Morgan fingerprint density at radius 1 is 1.20 bits per heavy atom. The maximum Gasteiger partial charge on any atom is 0.291 e. The highest BCUT2D eigenvalue weighted by molar-refractivity contribution is 6.30. The van der Waals surface area contributed by atoms with Crippen LogP contribution in [0.15, 0.2) is 65.9 Å². The highest BCUT2D eigenvalue weighted by Crippen LogP contribution is 2.10. The standard InChI is InChI=1S/C18H14ClFN4O/c19-15-7-5-13(6-8-15)12-24-10-9-17(23-24)18(25)22-21-11-14-3-1-2-4-16(14)20/h1-11H,12H2,(H,22,25). The molecule has 0 saturated carbocycles. The van der Waals surface area contributed by atoms with Gasteiger partial charge in [-0.1, -0.05) is 41.9 Å². The second-order valence-electron chi connectivity index (χ2n) is 5.25. The molecule has 0 aliphatic carbocycles. The molecule has 0 fully saturated rings. The predicted molar refractivity (Wildman–Crippen MR) is 94.2 cm³/mol. The number of carbonyl (C=O) groups is 1. The molecule has 25 heavy (non-hydrogen) atoms. The molecule has 0 bridgehead atoms. The van der Waals surface area contributed by atoms with Crippen LogP contribution in [0.25, 0.3) is 0 Å². The highest BCUT2D eigenvalue weighted by Gasteiger charge is 2.08. The number of hydrogen-bond acceptors (Lipinski definition) is 3. The van der Waals surface area contributed by atoms with Gasteiger partial charge >= 0.3 is 0 Å². The molecule has 1 heterocycles. The second-order valence-corrected chi connectivity index (χ2v) is 5.68. The molecule has 0 saturated heterocycles. The van der Waals surface area contributed by atoms with Crippen molar-refractivity contribution in [3.63, 3.8) is 0 Å². The monoisotopic (exact) mass is 356 g/mol. The van der Waals surface area contributed by atoms with E-state index in [1.807, 2.05) is 12.1 Å². The average Bonchev–Trinajstić information content (AvgIpc) is 3.07. The fraction of sp³-hybridized carbons (Fsp3) is 0.0556. The van der Waals surface area contributed by atoms with Crippen LogP contribution in [0.5, 0.6) is 0 Å². The van der Waals surface area contributed by atoms with Gasteiger partial charge in [0.15, 0.2) is 5.69 Å². The van der Waals surface area contributed by atoms with Crippen molar-refractivity contribution in [2.75, 3.05) is 0 Å². The predicted octanol–water partition coefficient (Wildman–Crippen LogP) is 3.49. The SMILES string of the molecule is O=C(NN=Cc1ccccc1F)c1ccn(Cc2ccc(Cl)cc2)n1. The molecule has 0 aliphatic rings. The van der Waals surface area contributed by atoms with E-state index in [4.69, 9.17) is 11.6 Å². The van der Waals surface area contributed by atoms with E-state index in [0.717, 1.165) is 5.56 Å². The zero-order chi connectivity index (χ0) is 17.6. The number of benzene rings is 2. The zero-order valence-corrected chi connectivity index (χ0v) is 13.8. The lowest BCUT2D eigenvalue weighted by Crippen LogP contribution is -2.18. The van der Waals surface area contributed by atoms with Crippen LogP contribution in [0.1, 0.15) is 21.6 Å². The molecular formula is C18H14ClFN4O. The summed E-state index contributed by atoms with van der Waals surface area (Å²) in [6.45, 7) is 0.517. The lowest BCUT2D eigenvalue weighted by molar-refractivity contribution is 0.0949. The molecule has 0 radical (unpaired) electrons. The average molecular weight is 357 g/mol. The van der Waals surface area contributed by atoms with Crippen LogP contribution in [-0.4, -0.2) is 21.9 Å². The van der Waals surface area contributed by atoms with E-state index in [2.05, 4.69) is 15.6 Å². The summed E-state index contributed by atoms with van der Waals surface area (Å²) in [4.78, 5) is 12.0. The minimum absolute atomic E-state index is 0.222. The maximum absolute atomic E-state index is 13.4. The summed E-state index contributed by atoms with van der Waals surface area (Å²) in [6, 6.07) is 15.1. The Morgan fingerprint density at radius 3 is 2.72 bits per heavy atom. The van der Waals surface area contributed by atoms with Gasteiger partial charge in [-0.15, -0.1) is 0 Å². The van der Waals surface area contributed by atoms with Crippen molar-refractivity contribution in [3.05, 3.63) is 88.5 Å². The lowest BCUT2D eigenvalue weighted by Gasteiger charge is -2.02. The number of nitrogens with zero attached hydrogens (tertiary/aromatic N) is 3. The van der Waals surface area contributed by atoms with Gasteiger partial charge in [-0.25, -0.2) is 9.82 Å². The molecule has 3 rings (SSSR count). The summed E-state index contributed by atoms with van der Waals surface area (Å²) in [5.41, 5.74) is 3.85. The Hall–Kier alpha value is -2.99. The van der Waals surface area contributed by atoms with Gasteiger partial charge in [-0.05, 0) is 29.8 Å². The van der Waals surface area contributed by atoms with E-state index < -0.39 is 11.7 Å². The number of nitrogens with one attached hydrogen (secondary N) is 1. The van der Waals surface area contributed by atoms with Gasteiger partial charge in [0.05, 0.1) is 12.8 Å². The molecule has 0 atom stereocenters. The fourth-order valence-corrected chi connectivity index (χ4v) is 2.27. The molecule has 5 nitrogen and oxygen atoms in total. The zero-order valence-electron chi connectivity index (χ0n) is 13.1. The van der Waals surface area contributed by atoms with E-state index in [9.17, 15) is 9.18 Å². The molecule has 3 aromatic rings. The fourth-order valence-electron chi connectivity index (χ4n) is 2.15. The van der Waals surface area contributed by atoms with Gasteiger partial charge in [0.2, 0.25) is 0 Å². The minimum Gasteiger partial charge on any atom is -0.268 e. The van der Waals surface area contributed by atoms with Gasteiger partial charge in [-0.3, -0.25) is 9.48 Å². The first-order valence-electron chi connectivity index (χ1n) is 7.47. The topological polar surface area (TPSA) is 59.3 Å². The first-order chi connectivity index (χ1) is 12.1. The molecule has 1 N–H and O–H groups in total. The number of hydrazone groups is 1. The maximum atomic E-state index is 13.4. The molecular weight excluding hydrogens is 343 g/mol. The molecule has 0 aliphatic heterocycles. The number of amides is 1. The van der Waals surface area contributed by atoms with Gasteiger partial charge in [0.25, 0.3) is 5.91 Å². The van der Waals surface area contributed by atoms with Crippen LogP contribution in [0.2, 0.25) is 5.02 Å². The largest absolute Gasteiger partial charge is 0.291 e. The van der Waals surface area contributed by atoms with E-state index in [0.29, 0.717) is 11.6 Å². The molecule has 7 heteroatoms. The normalized spacial score (nSPS) is 11.0. The Kier molecular flexibility index (Phi) is 5.20. The molecule has 2 aromatic carbocycles. The van der Waals surface area contributed by atoms with E-state index in [-0.39, 0.29) is 11.3 Å². The third-order valence-corrected chi connectivity index (χ3v) is 3.66. The van der Waals surface area contributed by atoms with Crippen molar-refractivity contribution in [3.8, 4) is 0 Å². The summed E-state index contributed by atoms with van der Waals surface area (Å²) >= 11 is 5.85. The van der Waals surface area contributed by atoms with Gasteiger partial charge in [0.1, 0.15) is 5.82 Å². The van der Waals surface area contributed by atoms with Crippen LogP contribution >= 0.6 is 11.6 Å². The van der Waals surface area contributed by atoms with E-state index in [1.54, 1.807) is 47.3 Å². The van der Waals surface area contributed by atoms with E-state index in [1.165, 1.54) is 12.3 Å². The third-order valence-electron chi connectivity index (χ3n) is 3.41. The molecule has 0 spiro atoms. The first-order valence-corrected chi connectivity index (χ1v) is 7.85. The highest BCUT2D eigenvalue weighted by atomic mass is 35.5. The van der Waals surface area contributed by atoms with Crippen molar-refractivity contribution in [1.29, 1.82) is 0 Å².